The fourth-order valence-corrected chi connectivity index (χ4v) is 3.60. The van der Waals surface area contributed by atoms with Crippen LogP contribution in [0, 0.1) is 5.92 Å². The van der Waals surface area contributed by atoms with E-state index in [1.54, 1.807) is 6.26 Å². The largest absolute Gasteiger partial charge is 0.469 e. The SMILES string of the molecule is O=C(NC1CCCCC1Cc1ccco1)c1cccs1. The first-order valence-electron chi connectivity index (χ1n) is 7.19. The van der Waals surface area contributed by atoms with Crippen LogP contribution < -0.4 is 5.32 Å². The minimum Gasteiger partial charge on any atom is -0.469 e. The fraction of sp³-hybridized carbons (Fsp3) is 0.438. The average molecular weight is 289 g/mol. The first-order chi connectivity index (χ1) is 9.83. The Labute approximate surface area is 123 Å². The van der Waals surface area contributed by atoms with Crippen molar-refractivity contribution in [3.05, 3.63) is 46.5 Å². The van der Waals surface area contributed by atoms with Crippen LogP contribution in [-0.4, -0.2) is 11.9 Å². The maximum Gasteiger partial charge on any atom is 0.261 e. The zero-order valence-electron chi connectivity index (χ0n) is 11.4. The summed E-state index contributed by atoms with van der Waals surface area (Å²) in [5, 5.41) is 5.15. The highest BCUT2D eigenvalue weighted by Gasteiger charge is 2.27. The first kappa shape index (κ1) is 13.4. The van der Waals surface area contributed by atoms with Gasteiger partial charge in [-0.1, -0.05) is 18.9 Å². The van der Waals surface area contributed by atoms with Crippen molar-refractivity contribution in [2.45, 2.75) is 38.1 Å². The van der Waals surface area contributed by atoms with Crippen LogP contribution in [0.3, 0.4) is 0 Å². The van der Waals surface area contributed by atoms with Crippen molar-refractivity contribution < 1.29 is 9.21 Å². The van der Waals surface area contributed by atoms with Crippen molar-refractivity contribution in [1.29, 1.82) is 0 Å². The molecule has 2 aromatic heterocycles. The highest BCUT2D eigenvalue weighted by Crippen LogP contribution is 2.28. The van der Waals surface area contributed by atoms with Gasteiger partial charge in [-0.3, -0.25) is 4.79 Å². The molecular formula is C16H19NO2S. The van der Waals surface area contributed by atoms with E-state index >= 15 is 0 Å². The molecule has 2 aromatic rings. The van der Waals surface area contributed by atoms with Crippen molar-refractivity contribution in [2.75, 3.05) is 0 Å². The molecule has 1 aliphatic carbocycles. The number of carbonyl (C=O) groups is 1. The predicted octanol–water partition coefficient (Wildman–Crippen LogP) is 3.87. The Kier molecular flexibility index (Phi) is 4.21. The molecule has 0 aliphatic heterocycles. The second-order valence-electron chi connectivity index (χ2n) is 5.39. The lowest BCUT2D eigenvalue weighted by Crippen LogP contribution is -2.42. The Bertz CT molecular complexity index is 533. The molecule has 0 spiro atoms. The van der Waals surface area contributed by atoms with Crippen LogP contribution in [0.1, 0.15) is 41.1 Å². The van der Waals surface area contributed by atoms with Crippen LogP contribution in [0.25, 0.3) is 0 Å². The molecule has 0 bridgehead atoms. The van der Waals surface area contributed by atoms with Crippen LogP contribution in [0.5, 0.6) is 0 Å². The van der Waals surface area contributed by atoms with Crippen LogP contribution in [0.2, 0.25) is 0 Å². The van der Waals surface area contributed by atoms with Gasteiger partial charge in [0.1, 0.15) is 5.76 Å². The summed E-state index contributed by atoms with van der Waals surface area (Å²) in [6.07, 6.45) is 7.32. The molecule has 1 N–H and O–H groups in total. The summed E-state index contributed by atoms with van der Waals surface area (Å²) >= 11 is 1.50. The van der Waals surface area contributed by atoms with E-state index in [9.17, 15) is 4.79 Å². The lowest BCUT2D eigenvalue weighted by Gasteiger charge is -2.31. The molecular weight excluding hydrogens is 270 g/mol. The topological polar surface area (TPSA) is 42.2 Å². The molecule has 0 saturated heterocycles. The summed E-state index contributed by atoms with van der Waals surface area (Å²) in [7, 11) is 0. The Morgan fingerprint density at radius 1 is 1.30 bits per heavy atom. The summed E-state index contributed by atoms with van der Waals surface area (Å²) in [4.78, 5) is 13.0. The number of hydrogen-bond acceptors (Lipinski definition) is 3. The van der Waals surface area contributed by atoms with E-state index < -0.39 is 0 Å². The molecule has 20 heavy (non-hydrogen) atoms. The van der Waals surface area contributed by atoms with Gasteiger partial charge in [-0.25, -0.2) is 0 Å². The van der Waals surface area contributed by atoms with E-state index in [0.29, 0.717) is 5.92 Å². The number of thiophene rings is 1. The quantitative estimate of drug-likeness (QED) is 0.928. The monoisotopic (exact) mass is 289 g/mol. The Morgan fingerprint density at radius 2 is 2.20 bits per heavy atom. The molecule has 3 nitrogen and oxygen atoms in total. The third-order valence-electron chi connectivity index (χ3n) is 4.01. The Balaban J connectivity index is 1.64. The molecule has 1 amide bonds. The lowest BCUT2D eigenvalue weighted by molar-refractivity contribution is 0.0908. The third-order valence-corrected chi connectivity index (χ3v) is 4.88. The van der Waals surface area contributed by atoms with E-state index in [-0.39, 0.29) is 11.9 Å². The molecule has 1 aliphatic rings. The van der Waals surface area contributed by atoms with Crippen LogP contribution >= 0.6 is 11.3 Å². The van der Waals surface area contributed by atoms with E-state index in [4.69, 9.17) is 4.42 Å². The Hall–Kier alpha value is -1.55. The number of amides is 1. The number of carbonyl (C=O) groups excluding carboxylic acids is 1. The minimum absolute atomic E-state index is 0.0661. The van der Waals surface area contributed by atoms with E-state index in [0.717, 1.165) is 29.9 Å². The van der Waals surface area contributed by atoms with Crippen molar-refractivity contribution in [1.82, 2.24) is 5.32 Å². The molecule has 106 valence electrons. The second-order valence-corrected chi connectivity index (χ2v) is 6.33. The van der Waals surface area contributed by atoms with Crippen molar-refractivity contribution >= 4 is 17.2 Å². The molecule has 2 atom stereocenters. The number of hydrogen-bond donors (Lipinski definition) is 1. The standard InChI is InChI=1S/C16H19NO2S/c18-16(15-8-4-10-20-15)17-14-7-2-1-5-12(14)11-13-6-3-9-19-13/h3-4,6,8-10,12,14H,1-2,5,7,11H2,(H,17,18). The highest BCUT2D eigenvalue weighted by atomic mass is 32.1. The summed E-state index contributed by atoms with van der Waals surface area (Å²) in [5.74, 6) is 1.57. The molecule has 1 fully saturated rings. The second kappa shape index (κ2) is 6.27. The maximum absolute atomic E-state index is 12.2. The molecule has 0 radical (unpaired) electrons. The highest BCUT2D eigenvalue weighted by molar-refractivity contribution is 7.12. The zero-order chi connectivity index (χ0) is 13.8. The van der Waals surface area contributed by atoms with Crippen molar-refractivity contribution in [2.24, 2.45) is 5.92 Å². The number of nitrogens with one attached hydrogen (secondary N) is 1. The average Bonchev–Trinajstić information content (AvgIpc) is 3.13. The van der Waals surface area contributed by atoms with Gasteiger partial charge in [0.25, 0.3) is 5.91 Å². The van der Waals surface area contributed by atoms with Gasteiger partial charge in [-0.05, 0) is 42.3 Å². The van der Waals surface area contributed by atoms with Gasteiger partial charge in [0.15, 0.2) is 0 Å². The number of rotatable bonds is 4. The van der Waals surface area contributed by atoms with Crippen molar-refractivity contribution in [3.8, 4) is 0 Å². The van der Waals surface area contributed by atoms with Crippen molar-refractivity contribution in [3.63, 3.8) is 0 Å². The number of furan rings is 1. The van der Waals surface area contributed by atoms with E-state index in [1.807, 2.05) is 29.6 Å². The molecule has 1 saturated carbocycles. The maximum atomic E-state index is 12.2. The molecule has 2 heterocycles. The third kappa shape index (κ3) is 3.12. The zero-order valence-corrected chi connectivity index (χ0v) is 12.2. The summed E-state index contributed by atoms with van der Waals surface area (Å²) in [6.45, 7) is 0. The fourth-order valence-electron chi connectivity index (χ4n) is 2.98. The van der Waals surface area contributed by atoms with Gasteiger partial charge in [0.05, 0.1) is 11.1 Å². The lowest BCUT2D eigenvalue weighted by atomic mass is 9.82. The molecule has 4 heteroatoms. The van der Waals surface area contributed by atoms with E-state index in [2.05, 4.69) is 5.32 Å². The predicted molar refractivity (Wildman–Crippen MR) is 79.9 cm³/mol. The van der Waals surface area contributed by atoms with Gasteiger partial charge in [-0.15, -0.1) is 11.3 Å². The van der Waals surface area contributed by atoms with Crippen LogP contribution in [-0.2, 0) is 6.42 Å². The van der Waals surface area contributed by atoms with Gasteiger partial charge >= 0.3 is 0 Å². The van der Waals surface area contributed by atoms with Crippen LogP contribution in [0.4, 0.5) is 0 Å². The molecule has 2 unspecified atom stereocenters. The smallest absolute Gasteiger partial charge is 0.261 e. The van der Waals surface area contributed by atoms with Gasteiger partial charge in [-0.2, -0.15) is 0 Å². The Morgan fingerprint density at radius 3 is 2.95 bits per heavy atom. The van der Waals surface area contributed by atoms with Gasteiger partial charge in [0.2, 0.25) is 0 Å². The van der Waals surface area contributed by atoms with Gasteiger partial charge in [0, 0.05) is 12.5 Å². The minimum atomic E-state index is 0.0661. The first-order valence-corrected chi connectivity index (χ1v) is 8.07. The summed E-state index contributed by atoms with van der Waals surface area (Å²) in [6, 6.07) is 8.01. The summed E-state index contributed by atoms with van der Waals surface area (Å²) in [5.41, 5.74) is 0. The van der Waals surface area contributed by atoms with Crippen LogP contribution in [0.15, 0.2) is 40.3 Å². The normalized spacial score (nSPS) is 22.6. The molecule has 0 aromatic carbocycles. The molecule has 3 rings (SSSR count). The van der Waals surface area contributed by atoms with Gasteiger partial charge < -0.3 is 9.73 Å². The van der Waals surface area contributed by atoms with E-state index in [1.165, 1.54) is 24.2 Å². The summed E-state index contributed by atoms with van der Waals surface area (Å²) < 4.78 is 5.45.